The predicted molar refractivity (Wildman–Crippen MR) is 92.3 cm³/mol. The summed E-state index contributed by atoms with van der Waals surface area (Å²) in [6, 6.07) is 0. The first kappa shape index (κ1) is 16.8. The molecule has 3 nitrogen and oxygen atoms in total. The Labute approximate surface area is 145 Å². The maximum atomic E-state index is 13.3. The molecule has 1 N–H and O–H groups in total. The predicted octanol–water partition coefficient (Wildman–Crippen LogP) is 3.77. The van der Waals surface area contributed by atoms with E-state index in [1.165, 1.54) is 0 Å². The molecule has 3 heteroatoms. The van der Waals surface area contributed by atoms with Crippen LogP contribution < -0.4 is 0 Å². The third kappa shape index (κ3) is 2.12. The molecule has 4 rings (SSSR count). The van der Waals surface area contributed by atoms with E-state index in [-0.39, 0.29) is 34.6 Å². The van der Waals surface area contributed by atoms with Gasteiger partial charge in [-0.1, -0.05) is 13.8 Å². The molecule has 0 saturated heterocycles. The van der Waals surface area contributed by atoms with Crippen LogP contribution in [-0.4, -0.2) is 22.8 Å². The lowest BCUT2D eigenvalue weighted by Crippen LogP contribution is -2.58. The molecule has 0 bridgehead atoms. The minimum atomic E-state index is -0.169. The quantitative estimate of drug-likeness (QED) is 0.795. The Kier molecular flexibility index (Phi) is 3.77. The molecule has 0 aromatic rings. The van der Waals surface area contributed by atoms with Crippen LogP contribution in [0.15, 0.2) is 0 Å². The summed E-state index contributed by atoms with van der Waals surface area (Å²) in [6.45, 7) is 6.28. The average molecular weight is 332 g/mol. The number of hydrogen-bond donors (Lipinski definition) is 1. The van der Waals surface area contributed by atoms with Crippen LogP contribution in [0, 0.1) is 40.4 Å². The van der Waals surface area contributed by atoms with Gasteiger partial charge in [-0.15, -0.1) is 0 Å². The van der Waals surface area contributed by atoms with Gasteiger partial charge in [0.25, 0.3) is 0 Å². The molecule has 24 heavy (non-hydrogen) atoms. The van der Waals surface area contributed by atoms with Crippen LogP contribution in [0.25, 0.3) is 0 Å². The molecule has 0 aliphatic heterocycles. The van der Waals surface area contributed by atoms with Gasteiger partial charge in [-0.3, -0.25) is 9.59 Å². The molecule has 0 spiro atoms. The topological polar surface area (TPSA) is 54.4 Å². The summed E-state index contributed by atoms with van der Waals surface area (Å²) in [5, 5.41) is 10.1. The lowest BCUT2D eigenvalue weighted by Gasteiger charge is -2.59. The van der Waals surface area contributed by atoms with Gasteiger partial charge in [-0.05, 0) is 80.5 Å². The molecular weight excluding hydrogens is 300 g/mol. The minimum Gasteiger partial charge on any atom is -0.393 e. The molecule has 0 amide bonds. The second-order valence-corrected chi connectivity index (χ2v) is 9.85. The van der Waals surface area contributed by atoms with E-state index < -0.39 is 0 Å². The van der Waals surface area contributed by atoms with Crippen molar-refractivity contribution in [2.24, 2.45) is 40.4 Å². The Morgan fingerprint density at radius 1 is 1.08 bits per heavy atom. The van der Waals surface area contributed by atoms with E-state index in [0.29, 0.717) is 30.0 Å². The van der Waals surface area contributed by atoms with E-state index in [2.05, 4.69) is 13.8 Å². The van der Waals surface area contributed by atoms with Crippen molar-refractivity contribution >= 4 is 11.6 Å². The third-order valence-electron chi connectivity index (χ3n) is 8.81. The van der Waals surface area contributed by atoms with E-state index in [1.54, 1.807) is 6.92 Å². The molecular formula is C21H32O3. The second kappa shape index (κ2) is 5.40. The van der Waals surface area contributed by atoms with Gasteiger partial charge in [-0.25, -0.2) is 0 Å². The van der Waals surface area contributed by atoms with Gasteiger partial charge < -0.3 is 5.11 Å². The van der Waals surface area contributed by atoms with Crippen molar-refractivity contribution in [2.45, 2.75) is 78.2 Å². The highest BCUT2D eigenvalue weighted by Gasteiger charge is 2.63. The molecule has 4 fully saturated rings. The largest absolute Gasteiger partial charge is 0.393 e. The fourth-order valence-corrected chi connectivity index (χ4v) is 7.72. The maximum Gasteiger partial charge on any atom is 0.137 e. The van der Waals surface area contributed by atoms with Gasteiger partial charge in [0.2, 0.25) is 0 Å². The number of aliphatic hydroxyl groups excluding tert-OH is 1. The Balaban J connectivity index is 1.68. The van der Waals surface area contributed by atoms with Gasteiger partial charge in [-0.2, -0.15) is 0 Å². The number of aliphatic hydroxyl groups is 1. The SMILES string of the molecule is CC(=O)C1CCC2C3CCC4CC(O)CC[C@]4(C)C3C(=O)C[C@]12C. The van der Waals surface area contributed by atoms with Crippen molar-refractivity contribution < 1.29 is 14.7 Å². The minimum absolute atomic E-state index is 0.0782. The van der Waals surface area contributed by atoms with E-state index in [9.17, 15) is 14.7 Å². The van der Waals surface area contributed by atoms with Crippen molar-refractivity contribution in [2.75, 3.05) is 0 Å². The lowest BCUT2D eigenvalue weighted by atomic mass is 9.44. The third-order valence-corrected chi connectivity index (χ3v) is 8.81. The number of hydrogen-bond acceptors (Lipinski definition) is 3. The van der Waals surface area contributed by atoms with Crippen molar-refractivity contribution in [3.63, 3.8) is 0 Å². The monoisotopic (exact) mass is 332 g/mol. The zero-order chi connectivity index (χ0) is 17.3. The summed E-state index contributed by atoms with van der Waals surface area (Å²) in [5.74, 6) is 2.48. The van der Waals surface area contributed by atoms with Crippen molar-refractivity contribution in [1.29, 1.82) is 0 Å². The lowest BCUT2D eigenvalue weighted by molar-refractivity contribution is -0.162. The molecule has 4 aliphatic rings. The van der Waals surface area contributed by atoms with Gasteiger partial charge in [0.15, 0.2) is 0 Å². The molecule has 8 atom stereocenters. The zero-order valence-corrected chi connectivity index (χ0v) is 15.4. The highest BCUT2D eigenvalue weighted by atomic mass is 16.3. The van der Waals surface area contributed by atoms with Crippen LogP contribution in [0.1, 0.15) is 72.1 Å². The summed E-state index contributed by atoms with van der Waals surface area (Å²) in [4.78, 5) is 25.5. The van der Waals surface area contributed by atoms with Crippen LogP contribution in [0.2, 0.25) is 0 Å². The molecule has 0 aromatic carbocycles. The van der Waals surface area contributed by atoms with Crippen molar-refractivity contribution in [3.8, 4) is 0 Å². The number of carbonyl (C=O) groups excluding carboxylic acids is 2. The number of Topliss-reactive ketones (excluding diaryl/α,β-unsaturated/α-hetero) is 2. The fourth-order valence-electron chi connectivity index (χ4n) is 7.72. The van der Waals surface area contributed by atoms with Crippen LogP contribution >= 0.6 is 0 Å². The van der Waals surface area contributed by atoms with E-state index in [4.69, 9.17) is 0 Å². The standard InChI is InChI=1S/C21H32O3/c1-12(22)16-6-7-17-15-5-4-13-10-14(23)8-9-20(13,2)19(15)18(24)11-21(16,17)3/h13-17,19,23H,4-11H2,1-3H3/t13?,14?,15?,16?,17?,19?,20-,21+/m0/s1. The first-order chi connectivity index (χ1) is 11.3. The highest BCUT2D eigenvalue weighted by molar-refractivity contribution is 5.87. The molecule has 0 aromatic heterocycles. The van der Waals surface area contributed by atoms with Crippen LogP contribution in [-0.2, 0) is 9.59 Å². The first-order valence-electron chi connectivity index (χ1n) is 9.98. The van der Waals surface area contributed by atoms with Crippen molar-refractivity contribution in [1.82, 2.24) is 0 Å². The fraction of sp³-hybridized carbons (Fsp3) is 0.905. The number of rotatable bonds is 1. The summed E-state index contributed by atoms with van der Waals surface area (Å²) >= 11 is 0. The van der Waals surface area contributed by atoms with E-state index in [0.717, 1.165) is 44.9 Å². The number of carbonyl (C=O) groups is 2. The Morgan fingerprint density at radius 3 is 2.54 bits per heavy atom. The summed E-state index contributed by atoms with van der Waals surface area (Å²) in [6.07, 6.45) is 7.53. The second-order valence-electron chi connectivity index (χ2n) is 9.85. The molecule has 0 radical (unpaired) electrons. The highest BCUT2D eigenvalue weighted by Crippen LogP contribution is 2.66. The molecule has 6 unspecified atom stereocenters. The van der Waals surface area contributed by atoms with Crippen molar-refractivity contribution in [3.05, 3.63) is 0 Å². The van der Waals surface area contributed by atoms with Gasteiger partial charge in [0, 0.05) is 18.3 Å². The molecule has 134 valence electrons. The summed E-state index contributed by atoms with van der Waals surface area (Å²) in [7, 11) is 0. The van der Waals surface area contributed by atoms with E-state index >= 15 is 0 Å². The van der Waals surface area contributed by atoms with Crippen LogP contribution in [0.5, 0.6) is 0 Å². The Bertz CT molecular complexity index is 569. The van der Waals surface area contributed by atoms with Gasteiger partial charge in [0.05, 0.1) is 6.10 Å². The maximum absolute atomic E-state index is 13.3. The molecule has 0 heterocycles. The molecule has 4 aliphatic carbocycles. The number of ketones is 2. The van der Waals surface area contributed by atoms with Gasteiger partial charge >= 0.3 is 0 Å². The normalized spacial score (nSPS) is 53.9. The Hall–Kier alpha value is -0.700. The Morgan fingerprint density at radius 2 is 1.83 bits per heavy atom. The number of fused-ring (bicyclic) bond motifs is 5. The summed E-state index contributed by atoms with van der Waals surface area (Å²) in [5.41, 5.74) is -0.0175. The van der Waals surface area contributed by atoms with Gasteiger partial charge in [0.1, 0.15) is 11.6 Å². The average Bonchev–Trinajstić information content (AvgIpc) is 2.84. The summed E-state index contributed by atoms with van der Waals surface area (Å²) < 4.78 is 0. The van der Waals surface area contributed by atoms with E-state index in [1.807, 2.05) is 0 Å². The van der Waals surface area contributed by atoms with Crippen LogP contribution in [0.4, 0.5) is 0 Å². The first-order valence-corrected chi connectivity index (χ1v) is 9.98. The smallest absolute Gasteiger partial charge is 0.137 e. The zero-order valence-electron chi connectivity index (χ0n) is 15.4. The molecule has 4 saturated carbocycles. The van der Waals surface area contributed by atoms with Crippen LogP contribution in [0.3, 0.4) is 0 Å².